The number of likely N-dealkylation sites (tertiary alicyclic amines) is 1. The molecule has 1 aliphatic rings. The summed E-state index contributed by atoms with van der Waals surface area (Å²) in [5, 5.41) is 0. The summed E-state index contributed by atoms with van der Waals surface area (Å²) in [7, 11) is 0. The van der Waals surface area contributed by atoms with Crippen LogP contribution < -0.4 is 0 Å². The van der Waals surface area contributed by atoms with E-state index in [1.807, 2.05) is 67.6 Å². The molecule has 0 bridgehead atoms. The third-order valence-electron chi connectivity index (χ3n) is 4.60. The molecule has 2 atom stereocenters. The second-order valence-electron chi connectivity index (χ2n) is 6.71. The van der Waals surface area contributed by atoms with Gasteiger partial charge in [-0.05, 0) is 24.5 Å². The fourth-order valence-electron chi connectivity index (χ4n) is 3.18. The summed E-state index contributed by atoms with van der Waals surface area (Å²) >= 11 is 0. The topological polar surface area (TPSA) is 38.8 Å². The highest BCUT2D eigenvalue weighted by molar-refractivity contribution is 5.69. The maximum absolute atomic E-state index is 12.6. The molecule has 1 amide bonds. The van der Waals surface area contributed by atoms with Gasteiger partial charge in [0.05, 0.1) is 25.3 Å². The van der Waals surface area contributed by atoms with Crippen molar-refractivity contribution < 1.29 is 14.3 Å². The van der Waals surface area contributed by atoms with Gasteiger partial charge in [0, 0.05) is 0 Å². The number of benzene rings is 2. The van der Waals surface area contributed by atoms with E-state index in [9.17, 15) is 4.79 Å². The number of hydrogen-bond donors (Lipinski definition) is 0. The summed E-state index contributed by atoms with van der Waals surface area (Å²) in [4.78, 5) is 14.3. The Labute approximate surface area is 155 Å². The molecule has 136 valence electrons. The zero-order valence-electron chi connectivity index (χ0n) is 15.1. The predicted octanol–water partition coefficient (Wildman–Crippen LogP) is 4.56. The smallest absolute Gasteiger partial charge is 0.410 e. The minimum atomic E-state index is -0.312. The van der Waals surface area contributed by atoms with Crippen LogP contribution in [0.15, 0.2) is 72.8 Å². The summed E-state index contributed by atoms with van der Waals surface area (Å²) in [5.41, 5.74) is 3.06. The van der Waals surface area contributed by atoms with Crippen LogP contribution in [0.1, 0.15) is 24.5 Å². The molecule has 1 heterocycles. The van der Waals surface area contributed by atoms with E-state index in [1.54, 1.807) is 4.90 Å². The van der Waals surface area contributed by atoms with Crippen LogP contribution in [0.3, 0.4) is 0 Å². The summed E-state index contributed by atoms with van der Waals surface area (Å²) < 4.78 is 11.5. The lowest BCUT2D eigenvalue weighted by Gasteiger charge is -2.23. The third-order valence-corrected chi connectivity index (χ3v) is 4.60. The number of hydrogen-bond acceptors (Lipinski definition) is 3. The van der Waals surface area contributed by atoms with Gasteiger partial charge < -0.3 is 9.47 Å². The Morgan fingerprint density at radius 2 is 1.62 bits per heavy atom. The van der Waals surface area contributed by atoms with Crippen LogP contribution in [0, 0.1) is 0 Å². The summed E-state index contributed by atoms with van der Waals surface area (Å²) in [6.45, 7) is 7.32. The van der Waals surface area contributed by atoms with Gasteiger partial charge in [0.15, 0.2) is 0 Å². The minimum Gasteiger partial charge on any atom is -0.445 e. The average molecular weight is 351 g/mol. The highest BCUT2D eigenvalue weighted by Gasteiger charge is 2.37. The Morgan fingerprint density at radius 3 is 2.19 bits per heavy atom. The van der Waals surface area contributed by atoms with E-state index < -0.39 is 0 Å². The number of rotatable bonds is 6. The second-order valence-corrected chi connectivity index (χ2v) is 6.71. The molecule has 2 aromatic carbocycles. The maximum Gasteiger partial charge on any atom is 0.410 e. The van der Waals surface area contributed by atoms with Gasteiger partial charge in [0.2, 0.25) is 0 Å². The molecule has 26 heavy (non-hydrogen) atoms. The van der Waals surface area contributed by atoms with Gasteiger partial charge in [-0.15, -0.1) is 0 Å². The standard InChI is InChI=1S/C22H25NO3/c1-17(2)21-13-20(25-15-18-9-5-3-6-10-18)14-23(21)22(24)26-16-19-11-7-4-8-12-19/h3-12,20-21H,1,13-16H2,2H3. The number of nitrogens with zero attached hydrogens (tertiary/aromatic N) is 1. The zero-order chi connectivity index (χ0) is 18.4. The van der Waals surface area contributed by atoms with Crippen molar-refractivity contribution in [1.82, 2.24) is 4.90 Å². The van der Waals surface area contributed by atoms with Crippen molar-refractivity contribution in [3.8, 4) is 0 Å². The molecule has 2 unspecified atom stereocenters. The van der Waals surface area contributed by atoms with E-state index in [4.69, 9.17) is 9.47 Å². The van der Waals surface area contributed by atoms with E-state index in [0.717, 1.165) is 23.1 Å². The molecule has 4 heteroatoms. The van der Waals surface area contributed by atoms with Crippen molar-refractivity contribution in [2.75, 3.05) is 6.54 Å². The van der Waals surface area contributed by atoms with Crippen molar-refractivity contribution in [1.29, 1.82) is 0 Å². The Hall–Kier alpha value is -2.59. The molecule has 1 saturated heterocycles. The molecule has 3 rings (SSSR count). The quantitative estimate of drug-likeness (QED) is 0.716. The first-order valence-corrected chi connectivity index (χ1v) is 8.91. The number of carbonyl (C=O) groups is 1. The van der Waals surface area contributed by atoms with E-state index in [-0.39, 0.29) is 24.8 Å². The molecule has 0 spiro atoms. The summed E-state index contributed by atoms with van der Waals surface area (Å²) in [6.07, 6.45) is 0.427. The van der Waals surface area contributed by atoms with Crippen molar-refractivity contribution in [2.24, 2.45) is 0 Å². The summed E-state index contributed by atoms with van der Waals surface area (Å²) in [5.74, 6) is 0. The highest BCUT2D eigenvalue weighted by atomic mass is 16.6. The number of ether oxygens (including phenoxy) is 2. The Bertz CT molecular complexity index is 730. The van der Waals surface area contributed by atoms with E-state index >= 15 is 0 Å². The van der Waals surface area contributed by atoms with E-state index in [2.05, 4.69) is 6.58 Å². The molecular formula is C22H25NO3. The van der Waals surface area contributed by atoms with Crippen molar-refractivity contribution in [3.05, 3.63) is 83.9 Å². The van der Waals surface area contributed by atoms with Gasteiger partial charge in [-0.25, -0.2) is 4.79 Å². The fourth-order valence-corrected chi connectivity index (χ4v) is 3.18. The van der Waals surface area contributed by atoms with Crippen LogP contribution in [-0.4, -0.2) is 29.7 Å². The Balaban J connectivity index is 1.56. The van der Waals surface area contributed by atoms with Crippen LogP contribution in [0.25, 0.3) is 0 Å². The Kier molecular flexibility index (Phi) is 6.08. The van der Waals surface area contributed by atoms with Gasteiger partial charge in [-0.2, -0.15) is 0 Å². The third kappa shape index (κ3) is 4.73. The summed E-state index contributed by atoms with van der Waals surface area (Å²) in [6, 6.07) is 19.7. The van der Waals surface area contributed by atoms with Crippen molar-refractivity contribution in [3.63, 3.8) is 0 Å². The van der Waals surface area contributed by atoms with Gasteiger partial charge in [0.25, 0.3) is 0 Å². The molecule has 0 saturated carbocycles. The molecule has 0 N–H and O–H groups in total. The van der Waals surface area contributed by atoms with Crippen LogP contribution >= 0.6 is 0 Å². The molecule has 0 radical (unpaired) electrons. The lowest BCUT2D eigenvalue weighted by atomic mass is 10.1. The predicted molar refractivity (Wildman–Crippen MR) is 102 cm³/mol. The van der Waals surface area contributed by atoms with Gasteiger partial charge in [0.1, 0.15) is 6.61 Å². The Morgan fingerprint density at radius 1 is 1.04 bits per heavy atom. The molecule has 1 fully saturated rings. The van der Waals surface area contributed by atoms with Gasteiger partial charge in [-0.1, -0.05) is 72.8 Å². The van der Waals surface area contributed by atoms with Crippen LogP contribution in [0.5, 0.6) is 0 Å². The largest absolute Gasteiger partial charge is 0.445 e. The molecule has 0 aliphatic carbocycles. The van der Waals surface area contributed by atoms with Crippen LogP contribution in [0.2, 0.25) is 0 Å². The van der Waals surface area contributed by atoms with Gasteiger partial charge >= 0.3 is 6.09 Å². The molecule has 1 aliphatic heterocycles. The minimum absolute atomic E-state index is 0.0128. The molecule has 2 aromatic rings. The van der Waals surface area contributed by atoms with E-state index in [1.165, 1.54) is 0 Å². The van der Waals surface area contributed by atoms with E-state index in [0.29, 0.717) is 13.2 Å². The highest BCUT2D eigenvalue weighted by Crippen LogP contribution is 2.26. The second kappa shape index (κ2) is 8.68. The fraction of sp³-hybridized carbons (Fsp3) is 0.318. The van der Waals surface area contributed by atoms with Crippen LogP contribution in [-0.2, 0) is 22.7 Å². The SMILES string of the molecule is C=C(C)C1CC(OCc2ccccc2)CN1C(=O)OCc1ccccc1. The number of carbonyl (C=O) groups excluding carboxylic acids is 1. The number of amides is 1. The average Bonchev–Trinajstić information content (AvgIpc) is 3.11. The van der Waals surface area contributed by atoms with Gasteiger partial charge in [-0.3, -0.25) is 4.90 Å². The zero-order valence-corrected chi connectivity index (χ0v) is 15.1. The van der Waals surface area contributed by atoms with Crippen molar-refractivity contribution in [2.45, 2.75) is 38.7 Å². The first-order valence-electron chi connectivity index (χ1n) is 8.91. The maximum atomic E-state index is 12.6. The normalized spacial score (nSPS) is 19.3. The van der Waals surface area contributed by atoms with Crippen LogP contribution in [0.4, 0.5) is 4.79 Å². The molecule has 0 aromatic heterocycles. The first-order chi connectivity index (χ1) is 12.6. The van der Waals surface area contributed by atoms with Crippen molar-refractivity contribution >= 4 is 6.09 Å². The molecular weight excluding hydrogens is 326 g/mol. The monoisotopic (exact) mass is 351 g/mol. The lowest BCUT2D eigenvalue weighted by Crippen LogP contribution is -2.37. The lowest BCUT2D eigenvalue weighted by molar-refractivity contribution is 0.0431. The molecule has 4 nitrogen and oxygen atoms in total. The first kappa shape index (κ1) is 18.2.